The zero-order valence-electron chi connectivity index (χ0n) is 13.6. The van der Waals surface area contributed by atoms with E-state index in [1.54, 1.807) is 11.1 Å². The molecule has 1 aromatic heterocycles. The van der Waals surface area contributed by atoms with Crippen molar-refractivity contribution >= 4 is 23.2 Å². The summed E-state index contributed by atoms with van der Waals surface area (Å²) in [5.74, 6) is -0.459. The van der Waals surface area contributed by atoms with Crippen LogP contribution < -0.4 is 0 Å². The van der Waals surface area contributed by atoms with Crippen molar-refractivity contribution in [2.75, 3.05) is 13.7 Å². The summed E-state index contributed by atoms with van der Waals surface area (Å²) in [4.78, 5) is 31.3. The predicted octanol–water partition coefficient (Wildman–Crippen LogP) is 2.90. The monoisotopic (exact) mass is 344 g/mol. The Hall–Kier alpha value is -2.21. The van der Waals surface area contributed by atoms with Crippen molar-refractivity contribution in [1.29, 1.82) is 0 Å². The molecule has 1 aromatic carbocycles. The molecular weight excluding hydrogens is 324 g/mol. The fourth-order valence-electron chi connectivity index (χ4n) is 2.96. The second-order valence-corrected chi connectivity index (χ2v) is 6.93. The molecule has 0 bridgehead atoms. The molecule has 0 aliphatic carbocycles. The van der Waals surface area contributed by atoms with Gasteiger partial charge in [-0.1, -0.05) is 30.3 Å². The Kier molecular flexibility index (Phi) is 5.25. The number of thiazole rings is 1. The first kappa shape index (κ1) is 16.6. The fraction of sp³-hybridized carbons (Fsp3) is 0.389. The average molecular weight is 344 g/mol. The second-order valence-electron chi connectivity index (χ2n) is 5.81. The highest BCUT2D eigenvalue weighted by molar-refractivity contribution is 7.13. The van der Waals surface area contributed by atoms with Gasteiger partial charge in [0.15, 0.2) is 0 Å². The van der Waals surface area contributed by atoms with Gasteiger partial charge in [0.1, 0.15) is 10.9 Å². The van der Waals surface area contributed by atoms with Gasteiger partial charge in [0.05, 0.1) is 18.3 Å². The van der Waals surface area contributed by atoms with Gasteiger partial charge in [-0.3, -0.25) is 4.79 Å². The zero-order valence-corrected chi connectivity index (χ0v) is 14.4. The fourth-order valence-corrected chi connectivity index (χ4v) is 3.87. The molecule has 0 N–H and O–H groups in total. The van der Waals surface area contributed by atoms with Crippen molar-refractivity contribution in [3.63, 3.8) is 0 Å². The second kappa shape index (κ2) is 7.57. The van der Waals surface area contributed by atoms with Crippen LogP contribution in [-0.2, 0) is 16.0 Å². The van der Waals surface area contributed by atoms with Crippen LogP contribution in [0.15, 0.2) is 36.5 Å². The normalized spacial score (nSPS) is 17.5. The van der Waals surface area contributed by atoms with E-state index >= 15 is 0 Å². The van der Waals surface area contributed by atoms with E-state index in [2.05, 4.69) is 4.98 Å². The van der Waals surface area contributed by atoms with Gasteiger partial charge in [-0.15, -0.1) is 11.3 Å². The summed E-state index contributed by atoms with van der Waals surface area (Å²) in [7, 11) is 1.37. The van der Waals surface area contributed by atoms with Crippen molar-refractivity contribution in [3.05, 3.63) is 52.0 Å². The highest BCUT2D eigenvalue weighted by atomic mass is 32.1. The number of carbonyl (C=O) groups is 2. The Balaban J connectivity index is 1.73. The van der Waals surface area contributed by atoms with Crippen molar-refractivity contribution in [1.82, 2.24) is 9.88 Å². The van der Waals surface area contributed by atoms with E-state index in [-0.39, 0.29) is 11.9 Å². The summed E-state index contributed by atoms with van der Waals surface area (Å²) >= 11 is 1.40. The van der Waals surface area contributed by atoms with Crippen LogP contribution in [0.5, 0.6) is 0 Å². The number of esters is 1. The number of likely N-dealkylation sites (tertiary alicyclic amines) is 1. The molecule has 0 spiro atoms. The highest BCUT2D eigenvalue weighted by Crippen LogP contribution is 2.24. The number of ether oxygens (including phenoxy) is 1. The Morgan fingerprint density at radius 1 is 1.29 bits per heavy atom. The van der Waals surface area contributed by atoms with E-state index in [9.17, 15) is 9.59 Å². The predicted molar refractivity (Wildman–Crippen MR) is 92.1 cm³/mol. The summed E-state index contributed by atoms with van der Waals surface area (Å²) < 4.78 is 4.85. The summed E-state index contributed by atoms with van der Waals surface area (Å²) in [6.07, 6.45) is 4.84. The Morgan fingerprint density at radius 3 is 2.83 bits per heavy atom. The standard InChI is InChI=1S/C18H20N2O3S/c1-23-18(22)14-9-5-6-10-20(14)17(21)15-12-19-16(24-15)11-13-7-3-2-4-8-13/h2-4,7-8,12,14H,5-6,9-11H2,1H3/t14-/m1/s1. The maximum atomic E-state index is 12.8. The molecule has 2 aromatic rings. The largest absolute Gasteiger partial charge is 0.467 e. The number of hydrogen-bond acceptors (Lipinski definition) is 5. The molecule has 0 radical (unpaired) electrons. The number of nitrogens with zero attached hydrogens (tertiary/aromatic N) is 2. The third-order valence-electron chi connectivity index (χ3n) is 4.20. The van der Waals surface area contributed by atoms with Gasteiger partial charge in [0, 0.05) is 13.0 Å². The molecule has 24 heavy (non-hydrogen) atoms. The summed E-state index contributed by atoms with van der Waals surface area (Å²) in [5, 5.41) is 0.899. The quantitative estimate of drug-likeness (QED) is 0.800. The molecule has 0 saturated carbocycles. The topological polar surface area (TPSA) is 59.5 Å². The zero-order chi connectivity index (χ0) is 16.9. The van der Waals surface area contributed by atoms with E-state index < -0.39 is 6.04 Å². The minimum absolute atomic E-state index is 0.123. The van der Waals surface area contributed by atoms with Gasteiger partial charge < -0.3 is 9.64 Å². The van der Waals surface area contributed by atoms with Gasteiger partial charge in [-0.25, -0.2) is 9.78 Å². The molecule has 6 heteroatoms. The molecule has 0 unspecified atom stereocenters. The van der Waals surface area contributed by atoms with E-state index in [1.807, 2.05) is 30.3 Å². The number of carbonyl (C=O) groups excluding carboxylic acids is 2. The minimum atomic E-state index is -0.476. The Bertz CT molecular complexity index is 714. The summed E-state index contributed by atoms with van der Waals surface area (Å²) in [6.45, 7) is 0.588. The average Bonchev–Trinajstić information content (AvgIpc) is 3.09. The molecule has 1 amide bonds. The minimum Gasteiger partial charge on any atom is -0.467 e. The molecule has 1 fully saturated rings. The molecule has 5 nitrogen and oxygen atoms in total. The number of hydrogen-bond donors (Lipinski definition) is 0. The van der Waals surface area contributed by atoms with Crippen molar-refractivity contribution < 1.29 is 14.3 Å². The first-order valence-electron chi connectivity index (χ1n) is 8.06. The van der Waals surface area contributed by atoms with Crippen molar-refractivity contribution in [2.24, 2.45) is 0 Å². The molecule has 2 heterocycles. The lowest BCUT2D eigenvalue weighted by Crippen LogP contribution is -2.48. The SMILES string of the molecule is COC(=O)[C@H]1CCCCN1C(=O)c1cnc(Cc2ccccc2)s1. The molecular formula is C18H20N2O3S. The number of benzene rings is 1. The van der Waals surface area contributed by atoms with Gasteiger partial charge in [-0.05, 0) is 24.8 Å². The molecule has 1 atom stereocenters. The van der Waals surface area contributed by atoms with Crippen LogP contribution in [0.25, 0.3) is 0 Å². The van der Waals surface area contributed by atoms with Crippen LogP contribution in [0.4, 0.5) is 0 Å². The van der Waals surface area contributed by atoms with Crippen LogP contribution in [0.1, 0.15) is 39.5 Å². The van der Waals surface area contributed by atoms with Gasteiger partial charge >= 0.3 is 5.97 Å². The molecule has 1 aliphatic rings. The van der Waals surface area contributed by atoms with E-state index in [4.69, 9.17) is 4.74 Å². The number of rotatable bonds is 4. The van der Waals surface area contributed by atoms with E-state index in [1.165, 1.54) is 18.4 Å². The van der Waals surface area contributed by atoms with Gasteiger partial charge in [0.2, 0.25) is 0 Å². The number of aromatic nitrogens is 1. The third kappa shape index (κ3) is 3.64. The van der Waals surface area contributed by atoms with Crippen LogP contribution in [-0.4, -0.2) is 41.5 Å². The van der Waals surface area contributed by atoms with Gasteiger partial charge in [-0.2, -0.15) is 0 Å². The van der Waals surface area contributed by atoms with Crippen LogP contribution in [0.3, 0.4) is 0 Å². The first-order chi connectivity index (χ1) is 11.7. The maximum Gasteiger partial charge on any atom is 0.328 e. The lowest BCUT2D eigenvalue weighted by molar-refractivity contribution is -0.147. The van der Waals surface area contributed by atoms with Gasteiger partial charge in [0.25, 0.3) is 5.91 Å². The maximum absolute atomic E-state index is 12.8. The molecule has 3 rings (SSSR count). The van der Waals surface area contributed by atoms with Crippen molar-refractivity contribution in [3.8, 4) is 0 Å². The van der Waals surface area contributed by atoms with Crippen LogP contribution in [0.2, 0.25) is 0 Å². The van der Waals surface area contributed by atoms with E-state index in [0.29, 0.717) is 24.3 Å². The van der Waals surface area contributed by atoms with Crippen molar-refractivity contribution in [2.45, 2.75) is 31.7 Å². The molecule has 126 valence electrons. The molecule has 1 saturated heterocycles. The highest BCUT2D eigenvalue weighted by Gasteiger charge is 2.34. The summed E-state index contributed by atoms with van der Waals surface area (Å²) in [6, 6.07) is 9.56. The lowest BCUT2D eigenvalue weighted by Gasteiger charge is -2.33. The van der Waals surface area contributed by atoms with Crippen LogP contribution >= 0.6 is 11.3 Å². The molecule has 1 aliphatic heterocycles. The van der Waals surface area contributed by atoms with E-state index in [0.717, 1.165) is 23.4 Å². The number of methoxy groups -OCH3 is 1. The van der Waals surface area contributed by atoms with Crippen LogP contribution in [0, 0.1) is 0 Å². The third-order valence-corrected chi connectivity index (χ3v) is 5.18. The smallest absolute Gasteiger partial charge is 0.328 e. The number of amides is 1. The lowest BCUT2D eigenvalue weighted by atomic mass is 10.0. The summed E-state index contributed by atoms with van der Waals surface area (Å²) in [5.41, 5.74) is 1.16. The Labute approximate surface area is 145 Å². The first-order valence-corrected chi connectivity index (χ1v) is 8.88. The number of piperidine rings is 1. The Morgan fingerprint density at radius 2 is 2.08 bits per heavy atom.